The largest absolute Gasteiger partial charge is 0.573 e. The number of nitrogens with one attached hydrogen (secondary N) is 1. The quantitative estimate of drug-likeness (QED) is 0.441. The molecule has 2 heterocycles. The number of fused-ring (bicyclic) bond motifs is 1. The van der Waals surface area contributed by atoms with Gasteiger partial charge in [0.05, 0.1) is 13.2 Å². The topological polar surface area (TPSA) is 68.6 Å². The van der Waals surface area contributed by atoms with E-state index in [4.69, 9.17) is 4.74 Å². The minimum absolute atomic E-state index is 0.00932. The lowest BCUT2D eigenvalue weighted by atomic mass is 9.97. The lowest BCUT2D eigenvalue weighted by Crippen LogP contribution is -2.35. The molecule has 0 saturated carbocycles. The lowest BCUT2D eigenvalue weighted by molar-refractivity contribution is -0.274. The number of ether oxygens (including phenoxy) is 2. The monoisotopic (exact) mass is 514 g/mol. The summed E-state index contributed by atoms with van der Waals surface area (Å²) in [4.78, 5) is 14.0. The number of alkyl halides is 6. The molecule has 2 atom stereocenters. The third-order valence-electron chi connectivity index (χ3n) is 5.69. The fourth-order valence-corrected chi connectivity index (χ4v) is 3.89. The van der Waals surface area contributed by atoms with Crippen LogP contribution < -0.4 is 19.7 Å². The van der Waals surface area contributed by atoms with E-state index in [2.05, 4.69) is 15.2 Å². The maximum atomic E-state index is 13.9. The van der Waals surface area contributed by atoms with Crippen molar-refractivity contribution in [3.05, 3.63) is 65.9 Å². The molecule has 1 aromatic heterocycles. The fraction of sp³-hybridized carbons (Fsp3) is 0.304. The Morgan fingerprint density at radius 3 is 2.19 bits per heavy atom. The Morgan fingerprint density at radius 1 is 1.03 bits per heavy atom. The smallest absolute Gasteiger partial charge is 0.497 e. The van der Waals surface area contributed by atoms with Gasteiger partial charge in [-0.2, -0.15) is 18.3 Å². The van der Waals surface area contributed by atoms with Gasteiger partial charge in [-0.15, -0.1) is 13.2 Å². The molecule has 2 aromatic carbocycles. The van der Waals surface area contributed by atoms with Crippen LogP contribution in [0.3, 0.4) is 0 Å². The van der Waals surface area contributed by atoms with Gasteiger partial charge in [0, 0.05) is 25.2 Å². The van der Waals surface area contributed by atoms with Crippen LogP contribution in [-0.4, -0.2) is 42.4 Å². The second kappa shape index (κ2) is 9.28. The average Bonchev–Trinajstić information content (AvgIpc) is 3.25. The molecule has 0 radical (unpaired) electrons. The van der Waals surface area contributed by atoms with Crippen molar-refractivity contribution in [1.29, 1.82) is 0 Å². The molecule has 0 saturated heterocycles. The van der Waals surface area contributed by atoms with E-state index in [0.29, 0.717) is 11.3 Å². The summed E-state index contributed by atoms with van der Waals surface area (Å²) in [6.07, 6.45) is -9.85. The zero-order valence-electron chi connectivity index (χ0n) is 18.9. The van der Waals surface area contributed by atoms with Crippen LogP contribution in [0.4, 0.5) is 37.8 Å². The highest BCUT2D eigenvalue weighted by Crippen LogP contribution is 2.44. The van der Waals surface area contributed by atoms with Gasteiger partial charge < -0.3 is 19.7 Å². The van der Waals surface area contributed by atoms with E-state index in [1.165, 1.54) is 32.4 Å². The molecular weight excluding hydrogens is 494 g/mol. The van der Waals surface area contributed by atoms with Crippen LogP contribution in [0, 0.1) is 0 Å². The fourth-order valence-electron chi connectivity index (χ4n) is 3.89. The number of carbonyl (C=O) groups excluding carboxylic acids is 1. The number of hydrogen-bond donors (Lipinski definition) is 1. The average molecular weight is 514 g/mol. The highest BCUT2D eigenvalue weighted by Gasteiger charge is 2.47. The summed E-state index contributed by atoms with van der Waals surface area (Å²) >= 11 is 0. The highest BCUT2D eigenvalue weighted by molar-refractivity contribution is 6.04. The first-order chi connectivity index (χ1) is 16.9. The molecule has 1 aliphatic heterocycles. The molecule has 13 heteroatoms. The Balaban J connectivity index is 1.59. The van der Waals surface area contributed by atoms with Crippen LogP contribution in [-0.2, 0) is 0 Å². The number of amides is 1. The third kappa shape index (κ3) is 5.34. The number of hydrogen-bond acceptors (Lipinski definition) is 5. The van der Waals surface area contributed by atoms with Crippen LogP contribution in [0.15, 0.2) is 54.6 Å². The van der Waals surface area contributed by atoms with E-state index < -0.39 is 36.3 Å². The van der Waals surface area contributed by atoms with Gasteiger partial charge in [-0.3, -0.25) is 4.79 Å². The first kappa shape index (κ1) is 25.2. The van der Waals surface area contributed by atoms with Crippen molar-refractivity contribution in [3.8, 4) is 11.5 Å². The van der Waals surface area contributed by atoms with Crippen LogP contribution in [0.2, 0.25) is 0 Å². The molecule has 0 aliphatic carbocycles. The molecule has 36 heavy (non-hydrogen) atoms. The summed E-state index contributed by atoms with van der Waals surface area (Å²) in [7, 11) is 2.81. The molecule has 192 valence electrons. The van der Waals surface area contributed by atoms with Crippen molar-refractivity contribution in [2.24, 2.45) is 0 Å². The Bertz CT molecular complexity index is 1220. The van der Waals surface area contributed by atoms with Gasteiger partial charge in [0.25, 0.3) is 5.91 Å². The summed E-state index contributed by atoms with van der Waals surface area (Å²) in [6.45, 7) is 0. The molecule has 4 rings (SSSR count). The van der Waals surface area contributed by atoms with E-state index in [-0.39, 0.29) is 23.6 Å². The number of carbonyl (C=O) groups is 1. The standard InChI is InChI=1S/C23H20F6N4O3/c1-32(14-5-9-16(10-6-14)36-23(27,28)29)21(34)18-12-20-30-17(13-3-7-15(35-2)8-4-13)11-19(22(24,25)26)33(20)31-18/h3-10,12,17,19,30H,11H2,1-2H3/t17-,19+/m0/s1. The van der Waals surface area contributed by atoms with Crippen molar-refractivity contribution in [2.75, 3.05) is 24.4 Å². The van der Waals surface area contributed by atoms with E-state index >= 15 is 0 Å². The number of halogens is 6. The van der Waals surface area contributed by atoms with Gasteiger partial charge in [-0.05, 0) is 42.0 Å². The van der Waals surface area contributed by atoms with Gasteiger partial charge in [0.15, 0.2) is 11.7 Å². The molecule has 0 unspecified atom stereocenters. The Kier molecular flexibility index (Phi) is 6.50. The Labute approximate surface area is 201 Å². The SMILES string of the molecule is COc1ccc([C@@H]2C[C@H](C(F)(F)F)n3nc(C(=O)N(C)c4ccc(OC(F)(F)F)cc4)cc3N2)cc1. The molecule has 7 nitrogen and oxygen atoms in total. The van der Waals surface area contributed by atoms with Gasteiger partial charge in [-0.1, -0.05) is 12.1 Å². The van der Waals surface area contributed by atoms with E-state index in [1.54, 1.807) is 24.3 Å². The highest BCUT2D eigenvalue weighted by atomic mass is 19.4. The third-order valence-corrected chi connectivity index (χ3v) is 5.69. The van der Waals surface area contributed by atoms with Crippen LogP contribution in [0.1, 0.15) is 34.6 Å². The molecule has 1 amide bonds. The van der Waals surface area contributed by atoms with E-state index in [0.717, 1.165) is 21.7 Å². The number of aromatic nitrogens is 2. The normalized spacial score (nSPS) is 17.7. The molecule has 0 fully saturated rings. The van der Waals surface area contributed by atoms with Crippen molar-refractivity contribution >= 4 is 17.4 Å². The number of rotatable bonds is 5. The molecule has 3 aromatic rings. The zero-order valence-corrected chi connectivity index (χ0v) is 18.9. The molecular formula is C23H20F6N4O3. The second-order valence-corrected chi connectivity index (χ2v) is 8.03. The summed E-state index contributed by atoms with van der Waals surface area (Å²) in [6, 6.07) is 9.59. The summed E-state index contributed by atoms with van der Waals surface area (Å²) in [5, 5.41) is 6.92. The summed E-state index contributed by atoms with van der Waals surface area (Å²) in [5.41, 5.74) is 0.529. The minimum atomic E-state index is -4.87. The lowest BCUT2D eigenvalue weighted by Gasteiger charge is -2.33. The number of benzene rings is 2. The van der Waals surface area contributed by atoms with Crippen molar-refractivity contribution in [3.63, 3.8) is 0 Å². The minimum Gasteiger partial charge on any atom is -0.497 e. The Hall–Kier alpha value is -3.90. The van der Waals surface area contributed by atoms with Crippen molar-refractivity contribution in [2.45, 2.75) is 31.0 Å². The molecule has 0 spiro atoms. The van der Waals surface area contributed by atoms with E-state index in [1.807, 2.05) is 0 Å². The predicted octanol–water partition coefficient (Wildman–Crippen LogP) is 5.73. The van der Waals surface area contributed by atoms with E-state index in [9.17, 15) is 31.1 Å². The van der Waals surface area contributed by atoms with Crippen LogP contribution in [0.25, 0.3) is 0 Å². The molecule has 1 aliphatic rings. The van der Waals surface area contributed by atoms with Crippen molar-refractivity contribution < 1.29 is 40.6 Å². The predicted molar refractivity (Wildman–Crippen MR) is 117 cm³/mol. The van der Waals surface area contributed by atoms with Gasteiger partial charge >= 0.3 is 12.5 Å². The first-order valence-electron chi connectivity index (χ1n) is 10.6. The van der Waals surface area contributed by atoms with Gasteiger partial charge in [-0.25, -0.2) is 4.68 Å². The number of nitrogens with zero attached hydrogens (tertiary/aromatic N) is 3. The molecule has 1 N–H and O–H groups in total. The van der Waals surface area contributed by atoms with Crippen LogP contribution in [0.5, 0.6) is 11.5 Å². The first-order valence-corrected chi connectivity index (χ1v) is 10.6. The van der Waals surface area contributed by atoms with Gasteiger partial charge in [0.2, 0.25) is 0 Å². The second-order valence-electron chi connectivity index (χ2n) is 8.03. The summed E-state index contributed by atoms with van der Waals surface area (Å²) < 4.78 is 88.5. The van der Waals surface area contributed by atoms with Gasteiger partial charge in [0.1, 0.15) is 17.3 Å². The van der Waals surface area contributed by atoms with Crippen LogP contribution >= 0.6 is 0 Å². The maximum absolute atomic E-state index is 13.9. The zero-order chi connectivity index (χ0) is 26.3. The van der Waals surface area contributed by atoms with Crippen molar-refractivity contribution in [1.82, 2.24) is 9.78 Å². The number of anilines is 2. The Morgan fingerprint density at radius 2 is 1.64 bits per heavy atom. The summed E-state index contributed by atoms with van der Waals surface area (Å²) in [5.74, 6) is -0.660. The number of methoxy groups -OCH3 is 1. The molecule has 0 bridgehead atoms. The maximum Gasteiger partial charge on any atom is 0.573 e.